The van der Waals surface area contributed by atoms with Gasteiger partial charge in [-0.05, 0) is 18.4 Å². The monoisotopic (exact) mass is 189 g/mol. The average molecular weight is 189 g/mol. The predicted octanol–water partition coefficient (Wildman–Crippen LogP) is 2.42. The molecule has 1 N–H and O–H groups in total. The Hall–Kier alpha value is -1.31. The van der Waals surface area contributed by atoms with E-state index >= 15 is 0 Å². The molecule has 0 unspecified atom stereocenters. The van der Waals surface area contributed by atoms with E-state index in [1.165, 1.54) is 5.56 Å². The van der Waals surface area contributed by atoms with Gasteiger partial charge in [0.25, 0.3) is 0 Å². The second-order valence-corrected chi connectivity index (χ2v) is 3.78. The van der Waals surface area contributed by atoms with Crippen LogP contribution in [-0.2, 0) is 4.79 Å². The van der Waals surface area contributed by atoms with Crippen molar-refractivity contribution in [1.82, 2.24) is 5.32 Å². The number of nitrogens with one attached hydrogen (secondary N) is 1. The molecule has 0 aliphatic carbocycles. The van der Waals surface area contributed by atoms with Crippen molar-refractivity contribution in [3.05, 3.63) is 35.9 Å². The van der Waals surface area contributed by atoms with E-state index in [1.807, 2.05) is 18.2 Å². The number of carbonyl (C=O) groups is 1. The normalized spacial score (nSPS) is 22.6. The van der Waals surface area contributed by atoms with E-state index in [-0.39, 0.29) is 11.9 Å². The van der Waals surface area contributed by atoms with E-state index in [1.54, 1.807) is 0 Å². The minimum Gasteiger partial charge on any atom is -0.349 e. The number of benzene rings is 1. The van der Waals surface area contributed by atoms with Crippen molar-refractivity contribution in [2.24, 2.45) is 0 Å². The van der Waals surface area contributed by atoms with Crippen LogP contribution in [0, 0.1) is 0 Å². The van der Waals surface area contributed by atoms with Gasteiger partial charge in [0.05, 0.1) is 6.04 Å². The number of carbonyl (C=O) groups excluding carboxylic acids is 1. The molecular weight excluding hydrogens is 174 g/mol. The van der Waals surface area contributed by atoms with E-state index < -0.39 is 0 Å². The third-order valence-electron chi connectivity index (χ3n) is 2.68. The lowest BCUT2D eigenvalue weighted by Gasteiger charge is -2.15. The van der Waals surface area contributed by atoms with Gasteiger partial charge in [0.1, 0.15) is 0 Å². The Morgan fingerprint density at radius 1 is 1.14 bits per heavy atom. The Labute approximate surface area is 84.3 Å². The molecule has 0 aromatic heterocycles. The molecule has 2 rings (SSSR count). The summed E-state index contributed by atoms with van der Waals surface area (Å²) in [6, 6.07) is 10.4. The second-order valence-electron chi connectivity index (χ2n) is 3.78. The number of amides is 1. The van der Waals surface area contributed by atoms with Gasteiger partial charge in [0.2, 0.25) is 5.91 Å². The molecule has 1 aromatic carbocycles. The van der Waals surface area contributed by atoms with Gasteiger partial charge in [-0.25, -0.2) is 0 Å². The number of hydrogen-bond donors (Lipinski definition) is 1. The summed E-state index contributed by atoms with van der Waals surface area (Å²) in [6.07, 6.45) is 3.91. The summed E-state index contributed by atoms with van der Waals surface area (Å²) in [7, 11) is 0. The molecule has 0 bridgehead atoms. The lowest BCUT2D eigenvalue weighted by Crippen LogP contribution is -2.25. The maximum absolute atomic E-state index is 11.4. The van der Waals surface area contributed by atoms with Gasteiger partial charge in [-0.15, -0.1) is 0 Å². The van der Waals surface area contributed by atoms with Crippen LogP contribution in [0.2, 0.25) is 0 Å². The maximum Gasteiger partial charge on any atom is 0.220 e. The van der Waals surface area contributed by atoms with Crippen LogP contribution in [0.25, 0.3) is 0 Å². The van der Waals surface area contributed by atoms with Crippen molar-refractivity contribution >= 4 is 5.91 Å². The summed E-state index contributed by atoms with van der Waals surface area (Å²) in [4.78, 5) is 11.4. The molecule has 1 amide bonds. The zero-order valence-corrected chi connectivity index (χ0v) is 8.20. The molecule has 1 aromatic rings. The van der Waals surface area contributed by atoms with Crippen molar-refractivity contribution in [3.8, 4) is 0 Å². The largest absolute Gasteiger partial charge is 0.349 e. The van der Waals surface area contributed by atoms with Crippen LogP contribution in [0.3, 0.4) is 0 Å². The summed E-state index contributed by atoms with van der Waals surface area (Å²) in [6.45, 7) is 0. The van der Waals surface area contributed by atoms with Gasteiger partial charge in [-0.1, -0.05) is 36.8 Å². The zero-order chi connectivity index (χ0) is 9.80. The third-order valence-corrected chi connectivity index (χ3v) is 2.68. The van der Waals surface area contributed by atoms with E-state index in [0.29, 0.717) is 6.42 Å². The zero-order valence-electron chi connectivity index (χ0n) is 8.20. The highest BCUT2D eigenvalue weighted by Gasteiger charge is 2.17. The van der Waals surface area contributed by atoms with Crippen LogP contribution >= 0.6 is 0 Å². The van der Waals surface area contributed by atoms with Crippen molar-refractivity contribution < 1.29 is 4.79 Å². The van der Waals surface area contributed by atoms with E-state index in [0.717, 1.165) is 19.3 Å². The second kappa shape index (κ2) is 4.27. The molecule has 1 aliphatic heterocycles. The number of rotatable bonds is 1. The predicted molar refractivity (Wildman–Crippen MR) is 55.8 cm³/mol. The van der Waals surface area contributed by atoms with E-state index in [9.17, 15) is 4.79 Å². The van der Waals surface area contributed by atoms with Crippen LogP contribution in [0.15, 0.2) is 30.3 Å². The number of hydrogen-bond acceptors (Lipinski definition) is 1. The van der Waals surface area contributed by atoms with Gasteiger partial charge >= 0.3 is 0 Å². The summed E-state index contributed by atoms with van der Waals surface area (Å²) >= 11 is 0. The van der Waals surface area contributed by atoms with Crippen LogP contribution in [0.5, 0.6) is 0 Å². The summed E-state index contributed by atoms with van der Waals surface area (Å²) in [5, 5.41) is 3.06. The Bertz CT molecular complexity index is 307. The molecule has 1 aliphatic rings. The molecule has 14 heavy (non-hydrogen) atoms. The first kappa shape index (κ1) is 9.25. The highest BCUT2D eigenvalue weighted by Crippen LogP contribution is 2.22. The minimum atomic E-state index is 0.191. The smallest absolute Gasteiger partial charge is 0.220 e. The molecular formula is C12H15NO. The highest BCUT2D eigenvalue weighted by molar-refractivity contribution is 5.76. The Morgan fingerprint density at radius 3 is 2.71 bits per heavy atom. The summed E-state index contributed by atoms with van der Waals surface area (Å²) in [5.74, 6) is 0.191. The maximum atomic E-state index is 11.4. The standard InChI is InChI=1S/C12H15NO/c14-12-9-5-4-8-11(13-12)10-6-2-1-3-7-10/h1-3,6-7,11H,4-5,8-9H2,(H,13,14)/t11-/m1/s1. The average Bonchev–Trinajstić information content (AvgIpc) is 2.44. The highest BCUT2D eigenvalue weighted by atomic mass is 16.1. The molecule has 0 saturated carbocycles. The Kier molecular flexibility index (Phi) is 2.82. The fraction of sp³-hybridized carbons (Fsp3) is 0.417. The van der Waals surface area contributed by atoms with Crippen LogP contribution in [0.4, 0.5) is 0 Å². The lowest BCUT2D eigenvalue weighted by atomic mass is 10.0. The molecule has 1 atom stereocenters. The van der Waals surface area contributed by atoms with Crippen molar-refractivity contribution in [2.75, 3.05) is 0 Å². The van der Waals surface area contributed by atoms with Gasteiger partial charge in [0, 0.05) is 6.42 Å². The van der Waals surface area contributed by atoms with Crippen LogP contribution < -0.4 is 5.32 Å². The first-order valence-electron chi connectivity index (χ1n) is 5.20. The molecule has 2 nitrogen and oxygen atoms in total. The van der Waals surface area contributed by atoms with Crippen LogP contribution in [-0.4, -0.2) is 5.91 Å². The fourth-order valence-corrected chi connectivity index (χ4v) is 1.91. The topological polar surface area (TPSA) is 29.1 Å². The summed E-state index contributed by atoms with van der Waals surface area (Å²) < 4.78 is 0. The Morgan fingerprint density at radius 2 is 1.93 bits per heavy atom. The molecule has 1 saturated heterocycles. The SMILES string of the molecule is O=C1CCCC[C@H](c2ccccc2)N1. The molecule has 2 heteroatoms. The van der Waals surface area contributed by atoms with Crippen molar-refractivity contribution in [3.63, 3.8) is 0 Å². The quantitative estimate of drug-likeness (QED) is 0.722. The minimum absolute atomic E-state index is 0.191. The molecule has 74 valence electrons. The van der Waals surface area contributed by atoms with Gasteiger partial charge in [0.15, 0.2) is 0 Å². The molecule has 0 radical (unpaired) electrons. The van der Waals surface area contributed by atoms with Gasteiger partial charge in [-0.3, -0.25) is 4.79 Å². The van der Waals surface area contributed by atoms with Crippen molar-refractivity contribution in [2.45, 2.75) is 31.7 Å². The first-order chi connectivity index (χ1) is 6.86. The van der Waals surface area contributed by atoms with Gasteiger partial charge in [-0.2, -0.15) is 0 Å². The van der Waals surface area contributed by atoms with Crippen molar-refractivity contribution in [1.29, 1.82) is 0 Å². The Balaban J connectivity index is 2.13. The fourth-order valence-electron chi connectivity index (χ4n) is 1.91. The van der Waals surface area contributed by atoms with Gasteiger partial charge < -0.3 is 5.32 Å². The summed E-state index contributed by atoms with van der Waals surface area (Å²) in [5.41, 5.74) is 1.22. The lowest BCUT2D eigenvalue weighted by molar-refractivity contribution is -0.121. The van der Waals surface area contributed by atoms with E-state index in [2.05, 4.69) is 17.4 Å². The third kappa shape index (κ3) is 2.13. The molecule has 1 heterocycles. The molecule has 1 fully saturated rings. The molecule has 0 spiro atoms. The van der Waals surface area contributed by atoms with E-state index in [4.69, 9.17) is 0 Å². The first-order valence-corrected chi connectivity index (χ1v) is 5.20. The van der Waals surface area contributed by atoms with Crippen LogP contribution in [0.1, 0.15) is 37.3 Å².